The van der Waals surface area contributed by atoms with E-state index < -0.39 is 20.9 Å². The number of non-ortho nitro benzene ring substituents is 1. The van der Waals surface area contributed by atoms with Crippen LogP contribution in [0.15, 0.2) is 65.6 Å². The van der Waals surface area contributed by atoms with Gasteiger partial charge in [0.2, 0.25) is 0 Å². The van der Waals surface area contributed by atoms with Crippen molar-refractivity contribution in [1.29, 1.82) is 0 Å². The predicted molar refractivity (Wildman–Crippen MR) is 150 cm³/mol. The molecule has 40 heavy (non-hydrogen) atoms. The predicted octanol–water partition coefficient (Wildman–Crippen LogP) is 5.34. The second-order valence-electron chi connectivity index (χ2n) is 9.30. The zero-order valence-electron chi connectivity index (χ0n) is 22.0. The van der Waals surface area contributed by atoms with Gasteiger partial charge in [-0.1, -0.05) is 29.3 Å². The summed E-state index contributed by atoms with van der Waals surface area (Å²) in [6.07, 6.45) is 1.15. The first-order valence-electron chi connectivity index (χ1n) is 12.6. The summed E-state index contributed by atoms with van der Waals surface area (Å²) in [6, 6.07) is 15.5. The molecule has 12 heteroatoms. The van der Waals surface area contributed by atoms with Crippen molar-refractivity contribution in [1.82, 2.24) is 0 Å². The van der Waals surface area contributed by atoms with Gasteiger partial charge < -0.3 is 14.4 Å². The van der Waals surface area contributed by atoms with Crippen LogP contribution in [0.2, 0.25) is 5.02 Å². The molecule has 0 N–H and O–H groups in total. The molecule has 0 bridgehead atoms. The minimum Gasteiger partial charge on any atom is -0.496 e. The average Bonchev–Trinajstić information content (AvgIpc) is 3.11. The van der Waals surface area contributed by atoms with Gasteiger partial charge in [0.1, 0.15) is 5.75 Å². The number of nitro groups is 1. The molecule has 4 rings (SSSR count). The van der Waals surface area contributed by atoms with Crippen LogP contribution in [0.25, 0.3) is 0 Å². The van der Waals surface area contributed by atoms with Gasteiger partial charge in [0.05, 0.1) is 47.8 Å². The number of aryl methyl sites for hydroxylation is 2. The molecular formula is C28H29ClN2O8S. The Morgan fingerprint density at radius 2 is 1.85 bits per heavy atom. The molecule has 0 saturated heterocycles. The highest BCUT2D eigenvalue weighted by Crippen LogP contribution is 2.33. The average molecular weight is 589 g/mol. The van der Waals surface area contributed by atoms with Crippen molar-refractivity contribution in [3.63, 3.8) is 0 Å². The van der Waals surface area contributed by atoms with Crippen LogP contribution >= 0.6 is 11.6 Å². The maximum atomic E-state index is 13.7. The van der Waals surface area contributed by atoms with E-state index in [2.05, 4.69) is 0 Å². The van der Waals surface area contributed by atoms with Gasteiger partial charge in [-0.2, -0.15) is 8.42 Å². The van der Waals surface area contributed by atoms with Crippen molar-refractivity contribution in [2.24, 2.45) is 0 Å². The number of rotatable bonds is 10. The van der Waals surface area contributed by atoms with Crippen LogP contribution in [0.3, 0.4) is 0 Å². The lowest BCUT2D eigenvalue weighted by atomic mass is 10.1. The number of amides is 1. The molecule has 0 fully saturated rings. The van der Waals surface area contributed by atoms with E-state index in [4.69, 9.17) is 25.3 Å². The lowest BCUT2D eigenvalue weighted by Crippen LogP contribution is -2.38. The number of ether oxygens (including phenoxy) is 2. The Morgan fingerprint density at radius 1 is 1.10 bits per heavy atom. The van der Waals surface area contributed by atoms with Gasteiger partial charge in [-0.15, -0.1) is 0 Å². The van der Waals surface area contributed by atoms with Gasteiger partial charge in [0, 0.05) is 23.4 Å². The lowest BCUT2D eigenvalue weighted by Gasteiger charge is -2.27. The van der Waals surface area contributed by atoms with E-state index in [0.717, 1.165) is 11.1 Å². The molecule has 0 saturated carbocycles. The van der Waals surface area contributed by atoms with E-state index in [1.165, 1.54) is 37.4 Å². The van der Waals surface area contributed by atoms with Crippen LogP contribution in [0, 0.1) is 17.0 Å². The zero-order valence-corrected chi connectivity index (χ0v) is 23.6. The van der Waals surface area contributed by atoms with Crippen molar-refractivity contribution in [2.75, 3.05) is 31.8 Å². The fourth-order valence-corrected chi connectivity index (χ4v) is 5.56. The SMILES string of the molecule is COc1cc([N+](=O)[O-])ccc1C(=O)N1CC(OCCCOS(=O)(=O)c2ccc(C)cc2)CCc2cc(Cl)ccc21. The highest BCUT2D eigenvalue weighted by molar-refractivity contribution is 7.86. The van der Waals surface area contributed by atoms with Crippen LogP contribution in [-0.2, 0) is 25.5 Å². The van der Waals surface area contributed by atoms with Gasteiger partial charge in [-0.05, 0) is 68.1 Å². The summed E-state index contributed by atoms with van der Waals surface area (Å²) in [4.78, 5) is 26.1. The second kappa shape index (κ2) is 12.8. The van der Waals surface area contributed by atoms with E-state index in [9.17, 15) is 23.3 Å². The molecule has 3 aromatic rings. The van der Waals surface area contributed by atoms with Crippen LogP contribution < -0.4 is 9.64 Å². The van der Waals surface area contributed by atoms with Gasteiger partial charge in [-0.25, -0.2) is 0 Å². The third-order valence-corrected chi connectivity index (χ3v) is 8.08. The van der Waals surface area contributed by atoms with Gasteiger partial charge in [0.15, 0.2) is 0 Å². The summed E-state index contributed by atoms with van der Waals surface area (Å²) in [5, 5.41) is 11.7. The van der Waals surface area contributed by atoms with E-state index in [0.29, 0.717) is 30.0 Å². The van der Waals surface area contributed by atoms with E-state index in [-0.39, 0.29) is 47.8 Å². The first-order valence-corrected chi connectivity index (χ1v) is 14.4. The summed E-state index contributed by atoms with van der Waals surface area (Å²) in [5.74, 6) is -0.318. The molecular weight excluding hydrogens is 560 g/mol. The number of hydrogen-bond donors (Lipinski definition) is 0. The van der Waals surface area contributed by atoms with Gasteiger partial charge in [0.25, 0.3) is 21.7 Å². The van der Waals surface area contributed by atoms with Crippen LogP contribution in [0.1, 0.15) is 34.3 Å². The Balaban J connectivity index is 1.45. The number of hydrogen-bond acceptors (Lipinski definition) is 8. The number of halogens is 1. The summed E-state index contributed by atoms with van der Waals surface area (Å²) in [6.45, 7) is 2.23. The summed E-state index contributed by atoms with van der Waals surface area (Å²) in [7, 11) is -2.52. The normalized spacial score (nSPS) is 15.3. The molecule has 1 aliphatic heterocycles. The van der Waals surface area contributed by atoms with Crippen molar-refractivity contribution < 1.29 is 31.8 Å². The Kier molecular flexibility index (Phi) is 9.41. The Morgan fingerprint density at radius 3 is 2.55 bits per heavy atom. The molecule has 10 nitrogen and oxygen atoms in total. The third-order valence-electron chi connectivity index (χ3n) is 6.52. The molecule has 3 aromatic carbocycles. The number of carbonyl (C=O) groups excluding carboxylic acids is 1. The maximum absolute atomic E-state index is 13.7. The van der Waals surface area contributed by atoms with Crippen molar-refractivity contribution >= 4 is 39.0 Å². The monoisotopic (exact) mass is 588 g/mol. The second-order valence-corrected chi connectivity index (χ2v) is 11.4. The summed E-state index contributed by atoms with van der Waals surface area (Å²) in [5.41, 5.74) is 2.45. The highest BCUT2D eigenvalue weighted by Gasteiger charge is 2.30. The van der Waals surface area contributed by atoms with E-state index in [1.807, 2.05) is 6.92 Å². The fourth-order valence-electron chi connectivity index (χ4n) is 4.42. The number of anilines is 1. The third kappa shape index (κ3) is 6.97. The molecule has 0 radical (unpaired) electrons. The number of fused-ring (bicyclic) bond motifs is 1. The molecule has 1 amide bonds. The highest BCUT2D eigenvalue weighted by atomic mass is 35.5. The smallest absolute Gasteiger partial charge is 0.296 e. The molecule has 0 aromatic heterocycles. The molecule has 0 aliphatic carbocycles. The molecule has 1 aliphatic rings. The molecule has 1 unspecified atom stereocenters. The minimum absolute atomic E-state index is 0.0542. The number of methoxy groups -OCH3 is 1. The molecule has 1 atom stereocenters. The van der Waals surface area contributed by atoms with Gasteiger partial charge in [-0.3, -0.25) is 19.1 Å². The minimum atomic E-state index is -3.87. The lowest BCUT2D eigenvalue weighted by molar-refractivity contribution is -0.384. The topological polar surface area (TPSA) is 125 Å². The quantitative estimate of drug-likeness (QED) is 0.134. The first kappa shape index (κ1) is 29.5. The summed E-state index contributed by atoms with van der Waals surface area (Å²) < 4.78 is 41.3. The Labute approximate surface area is 237 Å². The van der Waals surface area contributed by atoms with E-state index >= 15 is 0 Å². The van der Waals surface area contributed by atoms with Gasteiger partial charge >= 0.3 is 0 Å². The van der Waals surface area contributed by atoms with Crippen molar-refractivity contribution in [3.05, 3.63) is 92.5 Å². The first-order chi connectivity index (χ1) is 19.1. The van der Waals surface area contributed by atoms with Crippen molar-refractivity contribution in [2.45, 2.75) is 37.2 Å². The van der Waals surface area contributed by atoms with Crippen LogP contribution in [-0.4, -0.2) is 52.2 Å². The molecule has 1 heterocycles. The number of benzene rings is 3. The molecule has 0 spiro atoms. The number of carbonyl (C=O) groups is 1. The summed E-state index contributed by atoms with van der Waals surface area (Å²) >= 11 is 6.23. The van der Waals surface area contributed by atoms with Crippen molar-refractivity contribution in [3.8, 4) is 5.75 Å². The Bertz CT molecular complexity index is 1490. The van der Waals surface area contributed by atoms with E-state index in [1.54, 1.807) is 35.2 Å². The standard InChI is InChI=1S/C28H29ClN2O8S/c1-19-4-10-24(11-5-19)40(35,36)39-15-3-14-38-23-9-6-20-16-21(29)7-13-26(20)30(18-23)28(32)25-12-8-22(31(33)34)17-27(25)37-2/h4-5,7-8,10-13,16-17,23H,3,6,9,14-15,18H2,1-2H3. The largest absolute Gasteiger partial charge is 0.496 e. The maximum Gasteiger partial charge on any atom is 0.296 e. The molecule has 212 valence electrons. The number of nitro benzene ring substituents is 1. The fraction of sp³-hybridized carbons (Fsp3) is 0.321. The Hall–Kier alpha value is -3.51. The number of nitrogens with zero attached hydrogens (tertiary/aromatic N) is 2. The zero-order chi connectivity index (χ0) is 28.9. The van der Waals surface area contributed by atoms with Crippen LogP contribution in [0.5, 0.6) is 5.75 Å². The van der Waals surface area contributed by atoms with Crippen LogP contribution in [0.4, 0.5) is 11.4 Å².